The van der Waals surface area contributed by atoms with Gasteiger partial charge in [0, 0.05) is 25.1 Å². The summed E-state index contributed by atoms with van der Waals surface area (Å²) in [6, 6.07) is 4.21. The molecule has 0 radical (unpaired) electrons. The first kappa shape index (κ1) is 22.0. The molecule has 0 amide bonds. The SMILES string of the molecule is O=C(CCCCc1ccc2c(n1)NCCC2)CC[C@@H](C(=O)O)c1cnc2c(n1)OCCO2. The fourth-order valence-corrected chi connectivity index (χ4v) is 3.98. The molecule has 32 heavy (non-hydrogen) atoms. The van der Waals surface area contributed by atoms with Crippen molar-refractivity contribution in [3.8, 4) is 11.8 Å². The zero-order chi connectivity index (χ0) is 22.3. The molecule has 4 heterocycles. The number of ketones is 1. The number of carbonyl (C=O) groups is 2. The molecule has 2 aromatic heterocycles. The van der Waals surface area contributed by atoms with Crippen molar-refractivity contribution in [2.75, 3.05) is 25.1 Å². The molecule has 2 aliphatic rings. The summed E-state index contributed by atoms with van der Waals surface area (Å²) in [5.74, 6) is -0.416. The lowest BCUT2D eigenvalue weighted by atomic mass is 9.96. The van der Waals surface area contributed by atoms with Gasteiger partial charge in [0.15, 0.2) is 0 Å². The zero-order valence-corrected chi connectivity index (χ0v) is 18.0. The smallest absolute Gasteiger partial charge is 0.312 e. The summed E-state index contributed by atoms with van der Waals surface area (Å²) in [6.07, 6.45) is 6.85. The number of nitrogens with one attached hydrogen (secondary N) is 1. The van der Waals surface area contributed by atoms with Gasteiger partial charge in [0.2, 0.25) is 0 Å². The minimum absolute atomic E-state index is 0.0572. The maximum Gasteiger partial charge on any atom is 0.312 e. The van der Waals surface area contributed by atoms with Crippen molar-refractivity contribution in [2.24, 2.45) is 0 Å². The molecule has 2 N–H and O–H groups in total. The molecule has 0 saturated heterocycles. The first-order valence-electron chi connectivity index (χ1n) is 11.2. The van der Waals surface area contributed by atoms with Crippen LogP contribution in [0.15, 0.2) is 18.3 Å². The van der Waals surface area contributed by atoms with Crippen molar-refractivity contribution in [1.29, 1.82) is 0 Å². The van der Waals surface area contributed by atoms with E-state index in [4.69, 9.17) is 9.47 Å². The van der Waals surface area contributed by atoms with Gasteiger partial charge in [0.1, 0.15) is 30.7 Å². The van der Waals surface area contributed by atoms with Crippen LogP contribution in [0.3, 0.4) is 0 Å². The van der Waals surface area contributed by atoms with Crippen LogP contribution in [0.2, 0.25) is 0 Å². The van der Waals surface area contributed by atoms with Crippen LogP contribution in [0.25, 0.3) is 0 Å². The fourth-order valence-electron chi connectivity index (χ4n) is 3.98. The molecule has 0 aromatic carbocycles. The number of hydrogen-bond acceptors (Lipinski definition) is 8. The van der Waals surface area contributed by atoms with Crippen LogP contribution < -0.4 is 14.8 Å². The van der Waals surface area contributed by atoms with Crippen molar-refractivity contribution in [3.63, 3.8) is 0 Å². The Morgan fingerprint density at radius 3 is 2.78 bits per heavy atom. The predicted octanol–water partition coefficient (Wildman–Crippen LogP) is 2.93. The van der Waals surface area contributed by atoms with Gasteiger partial charge < -0.3 is 19.9 Å². The van der Waals surface area contributed by atoms with Crippen molar-refractivity contribution in [1.82, 2.24) is 15.0 Å². The Morgan fingerprint density at radius 1 is 1.09 bits per heavy atom. The number of fused-ring (bicyclic) bond motifs is 2. The Bertz CT molecular complexity index is 981. The number of aromatic nitrogens is 3. The predicted molar refractivity (Wildman–Crippen MR) is 116 cm³/mol. The van der Waals surface area contributed by atoms with E-state index in [9.17, 15) is 14.7 Å². The molecule has 4 rings (SSSR count). The first-order valence-corrected chi connectivity index (χ1v) is 11.2. The Hall–Kier alpha value is -3.23. The first-order chi connectivity index (χ1) is 15.6. The highest BCUT2D eigenvalue weighted by Gasteiger charge is 2.25. The van der Waals surface area contributed by atoms with E-state index in [1.807, 2.05) is 0 Å². The number of pyridine rings is 1. The zero-order valence-electron chi connectivity index (χ0n) is 18.0. The molecule has 1 atom stereocenters. The monoisotopic (exact) mass is 440 g/mol. The molecule has 0 unspecified atom stereocenters. The number of anilines is 1. The van der Waals surface area contributed by atoms with Crippen LogP contribution in [0.5, 0.6) is 11.8 Å². The molecule has 2 aromatic rings. The lowest BCUT2D eigenvalue weighted by molar-refractivity contribution is -0.139. The van der Waals surface area contributed by atoms with E-state index >= 15 is 0 Å². The van der Waals surface area contributed by atoms with Crippen molar-refractivity contribution in [2.45, 2.75) is 57.3 Å². The van der Waals surface area contributed by atoms with Crippen molar-refractivity contribution < 1.29 is 24.2 Å². The molecule has 9 heteroatoms. The molecular weight excluding hydrogens is 412 g/mol. The van der Waals surface area contributed by atoms with Gasteiger partial charge in [-0.25, -0.2) is 15.0 Å². The van der Waals surface area contributed by atoms with Crippen LogP contribution in [0.4, 0.5) is 5.82 Å². The number of hydrogen-bond donors (Lipinski definition) is 2. The second-order valence-electron chi connectivity index (χ2n) is 8.12. The fraction of sp³-hybridized carbons (Fsp3) is 0.522. The second kappa shape index (κ2) is 10.4. The van der Waals surface area contributed by atoms with Crippen LogP contribution >= 0.6 is 0 Å². The van der Waals surface area contributed by atoms with E-state index in [2.05, 4.69) is 32.4 Å². The summed E-state index contributed by atoms with van der Waals surface area (Å²) < 4.78 is 10.7. The van der Waals surface area contributed by atoms with Crippen molar-refractivity contribution >= 4 is 17.6 Å². The number of unbranched alkanes of at least 4 members (excludes halogenated alkanes) is 1. The van der Waals surface area contributed by atoms with Gasteiger partial charge in [0.05, 0.1) is 11.9 Å². The minimum atomic E-state index is -1.03. The third-order valence-corrected chi connectivity index (χ3v) is 5.75. The summed E-state index contributed by atoms with van der Waals surface area (Å²) in [5, 5.41) is 12.9. The van der Waals surface area contributed by atoms with Crippen LogP contribution in [0.1, 0.15) is 61.4 Å². The normalized spacial score (nSPS) is 15.4. The maximum absolute atomic E-state index is 12.3. The van der Waals surface area contributed by atoms with Crippen LogP contribution in [-0.4, -0.2) is 51.6 Å². The van der Waals surface area contributed by atoms with E-state index in [0.717, 1.165) is 50.2 Å². The molecule has 2 aliphatic heterocycles. The number of aliphatic carboxylic acids is 1. The topological polar surface area (TPSA) is 124 Å². The molecule has 0 spiro atoms. The molecule has 0 fully saturated rings. The largest absolute Gasteiger partial charge is 0.481 e. The number of carboxylic acid groups (broad SMARTS) is 1. The number of carboxylic acids is 1. The van der Waals surface area contributed by atoms with E-state index in [0.29, 0.717) is 19.6 Å². The average Bonchev–Trinajstić information content (AvgIpc) is 2.81. The Kier molecular flexibility index (Phi) is 7.14. The summed E-state index contributed by atoms with van der Waals surface area (Å²) in [4.78, 5) is 37.1. The van der Waals surface area contributed by atoms with E-state index in [1.165, 1.54) is 11.8 Å². The van der Waals surface area contributed by atoms with Gasteiger partial charge in [0.25, 0.3) is 11.8 Å². The third kappa shape index (κ3) is 5.52. The number of aryl methyl sites for hydroxylation is 2. The van der Waals surface area contributed by atoms with Gasteiger partial charge in [-0.3, -0.25) is 9.59 Å². The third-order valence-electron chi connectivity index (χ3n) is 5.75. The highest BCUT2D eigenvalue weighted by atomic mass is 16.6. The minimum Gasteiger partial charge on any atom is -0.481 e. The maximum atomic E-state index is 12.3. The van der Waals surface area contributed by atoms with Gasteiger partial charge >= 0.3 is 5.97 Å². The number of ether oxygens (including phenoxy) is 2. The summed E-state index contributed by atoms with van der Waals surface area (Å²) in [5.41, 5.74) is 2.58. The van der Waals surface area contributed by atoms with Gasteiger partial charge in [-0.05, 0) is 50.2 Å². The molecule has 9 nitrogen and oxygen atoms in total. The Balaban J connectivity index is 1.22. The van der Waals surface area contributed by atoms with Gasteiger partial charge in [-0.2, -0.15) is 0 Å². The van der Waals surface area contributed by atoms with E-state index in [1.54, 1.807) is 0 Å². The number of rotatable bonds is 10. The highest BCUT2D eigenvalue weighted by molar-refractivity contribution is 5.80. The molecular formula is C23H28N4O5. The Labute approximate surface area is 186 Å². The summed E-state index contributed by atoms with van der Waals surface area (Å²) in [6.45, 7) is 1.70. The van der Waals surface area contributed by atoms with E-state index in [-0.39, 0.29) is 36.1 Å². The standard InChI is InChI=1S/C23H28N4O5/c28-17(6-2-1-5-16-8-7-15-4-3-11-24-20(15)26-16)9-10-18(23(29)30)19-14-25-21-22(27-19)32-13-12-31-21/h7-8,14,18H,1-6,9-13H2,(H,24,26)(H,29,30)/t18-/m1/s1. The number of carbonyl (C=O) groups excluding carboxylic acids is 1. The van der Waals surface area contributed by atoms with Crippen LogP contribution in [-0.2, 0) is 22.4 Å². The summed E-state index contributed by atoms with van der Waals surface area (Å²) >= 11 is 0. The average molecular weight is 441 g/mol. The molecule has 170 valence electrons. The lowest BCUT2D eigenvalue weighted by Crippen LogP contribution is -2.20. The molecule has 0 saturated carbocycles. The molecule has 0 aliphatic carbocycles. The number of Topliss-reactive ketones (excluding diaryl/α,β-unsaturated/α-hetero) is 1. The highest BCUT2D eigenvalue weighted by Crippen LogP contribution is 2.29. The van der Waals surface area contributed by atoms with Crippen LogP contribution in [0, 0.1) is 0 Å². The molecule has 0 bridgehead atoms. The van der Waals surface area contributed by atoms with E-state index < -0.39 is 11.9 Å². The van der Waals surface area contributed by atoms with Gasteiger partial charge in [-0.1, -0.05) is 6.07 Å². The lowest BCUT2D eigenvalue weighted by Gasteiger charge is -2.18. The summed E-state index contributed by atoms with van der Waals surface area (Å²) in [7, 11) is 0. The second-order valence-corrected chi connectivity index (χ2v) is 8.12. The number of nitrogens with zero attached hydrogens (tertiary/aromatic N) is 3. The van der Waals surface area contributed by atoms with Gasteiger partial charge in [-0.15, -0.1) is 0 Å². The van der Waals surface area contributed by atoms with Crippen molar-refractivity contribution in [3.05, 3.63) is 35.3 Å². The Morgan fingerprint density at radius 2 is 1.94 bits per heavy atom. The quantitative estimate of drug-likeness (QED) is 0.537.